The van der Waals surface area contributed by atoms with Crippen LogP contribution >= 0.6 is 0 Å². The third-order valence-corrected chi connectivity index (χ3v) is 6.84. The maximum Gasteiger partial charge on any atom is 0.340 e. The van der Waals surface area contributed by atoms with Gasteiger partial charge >= 0.3 is 5.97 Å². The van der Waals surface area contributed by atoms with Crippen LogP contribution in [-0.4, -0.2) is 40.9 Å². The largest absolute Gasteiger partial charge is 0.459 e. The number of rotatable bonds is 4. The monoisotopic (exact) mass is 338 g/mol. The molecule has 0 amide bonds. The van der Waals surface area contributed by atoms with Crippen molar-refractivity contribution in [2.24, 2.45) is 11.8 Å². The number of nitrogens with zero attached hydrogens (tertiary/aromatic N) is 1. The van der Waals surface area contributed by atoms with Crippen LogP contribution in [0.2, 0.25) is 0 Å². The first-order chi connectivity index (χ1) is 12.1. The van der Waals surface area contributed by atoms with Crippen molar-refractivity contribution in [2.45, 2.75) is 43.4 Å². The van der Waals surface area contributed by atoms with Gasteiger partial charge in [-0.05, 0) is 43.5 Å². The van der Waals surface area contributed by atoms with E-state index in [4.69, 9.17) is 4.74 Å². The standard InChI is InChI=1S/C20H22N2O3/c1-2-21-17-6-4-3-5-15(17)19(24)25-14-7-12-8-16-18(23)11-22-13(9-14)10-20(12,16)22/h2-6,12-14,16,21H,1,7-11H2. The third-order valence-electron chi connectivity index (χ3n) is 6.84. The molecule has 5 unspecified atom stereocenters. The maximum atomic E-state index is 12.7. The quantitative estimate of drug-likeness (QED) is 0.855. The minimum atomic E-state index is -0.279. The minimum absolute atomic E-state index is 0.0553. The molecule has 0 radical (unpaired) electrons. The van der Waals surface area contributed by atoms with Gasteiger partial charge in [0.2, 0.25) is 0 Å². The lowest BCUT2D eigenvalue weighted by Crippen LogP contribution is -2.72. The van der Waals surface area contributed by atoms with E-state index >= 15 is 0 Å². The van der Waals surface area contributed by atoms with Crippen LogP contribution in [0.15, 0.2) is 37.0 Å². The Bertz CT molecular complexity index is 776. The topological polar surface area (TPSA) is 58.6 Å². The van der Waals surface area contributed by atoms with Crippen LogP contribution in [0.4, 0.5) is 5.69 Å². The fourth-order valence-corrected chi connectivity index (χ4v) is 5.79. The maximum absolute atomic E-state index is 12.7. The lowest BCUT2D eigenvalue weighted by atomic mass is 9.53. The lowest BCUT2D eigenvalue weighted by molar-refractivity contribution is -0.154. The number of esters is 1. The number of ether oxygens (including phenoxy) is 1. The van der Waals surface area contributed by atoms with Crippen LogP contribution in [0.3, 0.4) is 0 Å². The van der Waals surface area contributed by atoms with Crippen LogP contribution in [0, 0.1) is 11.8 Å². The first-order valence-electron chi connectivity index (χ1n) is 9.10. The molecule has 25 heavy (non-hydrogen) atoms. The van der Waals surface area contributed by atoms with Gasteiger partial charge in [0.05, 0.1) is 17.8 Å². The number of Topliss-reactive ketones (excluding diaryl/α,β-unsaturated/α-hetero) is 1. The van der Waals surface area contributed by atoms with Gasteiger partial charge in [0, 0.05) is 23.9 Å². The summed E-state index contributed by atoms with van der Waals surface area (Å²) in [6, 6.07) is 7.74. The molecule has 5 fully saturated rings. The number of ketones is 1. The zero-order valence-corrected chi connectivity index (χ0v) is 14.1. The Labute approximate surface area is 147 Å². The van der Waals surface area contributed by atoms with Gasteiger partial charge < -0.3 is 10.1 Å². The highest BCUT2D eigenvalue weighted by Crippen LogP contribution is 2.65. The second-order valence-corrected chi connectivity index (χ2v) is 7.82. The number of hydrogen-bond donors (Lipinski definition) is 1. The molecule has 0 aromatic heterocycles. The van der Waals surface area contributed by atoms with Crippen LogP contribution in [0.1, 0.15) is 36.0 Å². The molecule has 5 aliphatic rings. The van der Waals surface area contributed by atoms with Crippen molar-refractivity contribution in [3.05, 3.63) is 42.6 Å². The summed E-state index contributed by atoms with van der Waals surface area (Å²) < 4.78 is 5.90. The van der Waals surface area contributed by atoms with Crippen LogP contribution in [0.25, 0.3) is 0 Å². The number of nitrogens with one attached hydrogen (secondary N) is 1. The second-order valence-electron chi connectivity index (χ2n) is 7.82. The average molecular weight is 338 g/mol. The van der Waals surface area contributed by atoms with Gasteiger partial charge in [-0.2, -0.15) is 0 Å². The van der Waals surface area contributed by atoms with Gasteiger partial charge in [-0.25, -0.2) is 4.79 Å². The molecular formula is C20H22N2O3. The number of benzene rings is 1. The lowest BCUT2D eigenvalue weighted by Gasteiger charge is -2.64. The predicted octanol–water partition coefficient (Wildman–Crippen LogP) is 2.59. The molecule has 3 aliphatic heterocycles. The Kier molecular flexibility index (Phi) is 3.14. The summed E-state index contributed by atoms with van der Waals surface area (Å²) in [5, 5.41) is 2.99. The van der Waals surface area contributed by atoms with Gasteiger partial charge in [0.15, 0.2) is 5.78 Å². The molecule has 3 heterocycles. The summed E-state index contributed by atoms with van der Waals surface area (Å²) in [6.45, 7) is 4.27. The van der Waals surface area contributed by atoms with Gasteiger partial charge in [-0.3, -0.25) is 9.69 Å². The summed E-state index contributed by atoms with van der Waals surface area (Å²) in [5.74, 6) is 0.903. The van der Waals surface area contributed by atoms with Crippen LogP contribution < -0.4 is 5.32 Å². The Morgan fingerprint density at radius 3 is 3.00 bits per heavy atom. The second kappa shape index (κ2) is 5.18. The molecule has 3 saturated heterocycles. The molecule has 1 aromatic rings. The minimum Gasteiger partial charge on any atom is -0.459 e. The van der Waals surface area contributed by atoms with E-state index in [9.17, 15) is 9.59 Å². The molecule has 5 heteroatoms. The van der Waals surface area contributed by atoms with E-state index in [0.29, 0.717) is 35.5 Å². The van der Waals surface area contributed by atoms with E-state index in [1.807, 2.05) is 18.2 Å². The molecule has 1 N–H and O–H groups in total. The molecular weight excluding hydrogens is 316 g/mol. The van der Waals surface area contributed by atoms with E-state index in [-0.39, 0.29) is 23.5 Å². The first-order valence-corrected chi connectivity index (χ1v) is 9.10. The van der Waals surface area contributed by atoms with Gasteiger partial charge in [-0.15, -0.1) is 0 Å². The summed E-state index contributed by atoms with van der Waals surface area (Å²) in [7, 11) is 0. The Hall–Kier alpha value is -2.14. The van der Waals surface area contributed by atoms with Crippen LogP contribution in [0.5, 0.6) is 0 Å². The summed E-state index contributed by atoms with van der Waals surface area (Å²) >= 11 is 0. The van der Waals surface area contributed by atoms with E-state index in [2.05, 4.69) is 16.8 Å². The predicted molar refractivity (Wildman–Crippen MR) is 93.1 cm³/mol. The van der Waals surface area contributed by atoms with Crippen molar-refractivity contribution in [3.8, 4) is 0 Å². The number of carbonyl (C=O) groups excluding carboxylic acids is 2. The van der Waals surface area contributed by atoms with E-state index in [1.165, 1.54) is 0 Å². The SMILES string of the molecule is C=CNc1ccccc1C(=O)OC1CC2CC34C(C1)CC3C(=O)CN24. The first kappa shape index (κ1) is 15.1. The number of carbonyl (C=O) groups is 2. The molecule has 130 valence electrons. The molecule has 1 spiro atoms. The normalized spacial score (nSPS) is 38.0. The smallest absolute Gasteiger partial charge is 0.340 e. The molecule has 5 atom stereocenters. The van der Waals surface area contributed by atoms with E-state index < -0.39 is 0 Å². The Morgan fingerprint density at radius 2 is 2.16 bits per heavy atom. The zero-order chi connectivity index (χ0) is 17.2. The average Bonchev–Trinajstić information content (AvgIpc) is 2.66. The van der Waals surface area contributed by atoms with Crippen molar-refractivity contribution in [1.82, 2.24) is 4.90 Å². The molecule has 2 bridgehead atoms. The number of para-hydroxylation sites is 1. The molecule has 5 nitrogen and oxygen atoms in total. The van der Waals surface area contributed by atoms with Crippen molar-refractivity contribution in [3.63, 3.8) is 0 Å². The number of fused-ring (bicyclic) bond motifs is 2. The molecule has 2 aliphatic carbocycles. The van der Waals surface area contributed by atoms with E-state index in [1.54, 1.807) is 12.3 Å². The van der Waals surface area contributed by atoms with E-state index in [0.717, 1.165) is 25.7 Å². The van der Waals surface area contributed by atoms with Gasteiger partial charge in [-0.1, -0.05) is 18.7 Å². The number of hydrogen-bond acceptors (Lipinski definition) is 5. The van der Waals surface area contributed by atoms with Gasteiger partial charge in [0.1, 0.15) is 6.10 Å². The van der Waals surface area contributed by atoms with Crippen molar-refractivity contribution in [1.29, 1.82) is 0 Å². The highest BCUT2D eigenvalue weighted by molar-refractivity contribution is 5.96. The Morgan fingerprint density at radius 1 is 1.32 bits per heavy atom. The highest BCUT2D eigenvalue weighted by atomic mass is 16.5. The fourth-order valence-electron chi connectivity index (χ4n) is 5.79. The zero-order valence-electron chi connectivity index (χ0n) is 14.1. The van der Waals surface area contributed by atoms with Crippen LogP contribution in [-0.2, 0) is 9.53 Å². The van der Waals surface area contributed by atoms with Gasteiger partial charge in [0.25, 0.3) is 0 Å². The molecule has 2 saturated carbocycles. The molecule has 6 rings (SSSR count). The van der Waals surface area contributed by atoms with Crippen molar-refractivity contribution >= 4 is 17.4 Å². The highest BCUT2D eigenvalue weighted by Gasteiger charge is 2.73. The third kappa shape index (κ3) is 1.93. The molecule has 1 aromatic carbocycles. The summed E-state index contributed by atoms with van der Waals surface area (Å²) in [6.07, 6.45) is 5.33. The van der Waals surface area contributed by atoms with Crippen molar-refractivity contribution in [2.75, 3.05) is 11.9 Å². The fraction of sp³-hybridized carbons (Fsp3) is 0.500. The summed E-state index contributed by atoms with van der Waals surface area (Å²) in [5.41, 5.74) is 1.39. The number of anilines is 1. The van der Waals surface area contributed by atoms with Crippen molar-refractivity contribution < 1.29 is 14.3 Å². The Balaban J connectivity index is 1.33. The summed E-state index contributed by atoms with van der Waals surface area (Å²) in [4.78, 5) is 27.2.